The molecule has 0 aromatic carbocycles. The average molecular weight is 277 g/mol. The van der Waals surface area contributed by atoms with Gasteiger partial charge in [-0.3, -0.25) is 0 Å². The number of ether oxygens (including phenoxy) is 1. The second-order valence-corrected chi connectivity index (χ2v) is 7.12. The fourth-order valence-electron chi connectivity index (χ4n) is 1.44. The molecule has 0 aliphatic carbocycles. The molecule has 0 bridgehead atoms. The molecule has 1 rings (SSSR count). The largest absolute Gasteiger partial charge is 0.376 e. The summed E-state index contributed by atoms with van der Waals surface area (Å²) in [6.07, 6.45) is 0. The lowest BCUT2D eigenvalue weighted by molar-refractivity contribution is 0.0806. The summed E-state index contributed by atoms with van der Waals surface area (Å²) in [6.45, 7) is 4.91. The van der Waals surface area contributed by atoms with Crippen LogP contribution in [-0.4, -0.2) is 20.8 Å². The van der Waals surface area contributed by atoms with E-state index in [1.165, 1.54) is 0 Å². The van der Waals surface area contributed by atoms with Gasteiger partial charge in [-0.25, -0.2) is 13.6 Å². The van der Waals surface area contributed by atoms with E-state index in [0.717, 1.165) is 4.88 Å². The Balaban J connectivity index is 2.40. The number of hydrogen-bond acceptors (Lipinski definition) is 4. The minimum atomic E-state index is -3.43. The smallest absolute Gasteiger partial charge is 0.209 e. The lowest BCUT2D eigenvalue weighted by Crippen LogP contribution is -2.29. The molecule has 1 unspecified atom stereocenters. The molecule has 0 amide bonds. The Morgan fingerprint density at radius 3 is 2.65 bits per heavy atom. The van der Waals surface area contributed by atoms with Crippen molar-refractivity contribution in [1.29, 1.82) is 0 Å². The highest BCUT2D eigenvalue weighted by Gasteiger charge is 2.19. The van der Waals surface area contributed by atoms with Crippen LogP contribution in [0.4, 0.5) is 0 Å². The fourth-order valence-corrected chi connectivity index (χ4v) is 3.16. The molecule has 6 heteroatoms. The van der Waals surface area contributed by atoms with E-state index in [1.54, 1.807) is 11.3 Å². The molecule has 1 aromatic heterocycles. The summed E-state index contributed by atoms with van der Waals surface area (Å²) in [7, 11) is -3.43. The van der Waals surface area contributed by atoms with Gasteiger partial charge in [0.25, 0.3) is 0 Å². The van der Waals surface area contributed by atoms with E-state index < -0.39 is 10.0 Å². The molecule has 17 heavy (non-hydrogen) atoms. The molecular formula is C11H19NO3S2. The minimum Gasteiger partial charge on any atom is -0.376 e. The standard InChI is InChI=1S/C11H19NO3S2/c1-9(2)10(8-17(12,13)14)6-15-7-11-4-3-5-16-11/h3-5,9-10H,6-8H2,1-2H3,(H2,12,13,14). The van der Waals surface area contributed by atoms with Crippen molar-refractivity contribution in [1.82, 2.24) is 0 Å². The molecule has 4 nitrogen and oxygen atoms in total. The fraction of sp³-hybridized carbons (Fsp3) is 0.636. The van der Waals surface area contributed by atoms with Crippen LogP contribution in [0.15, 0.2) is 17.5 Å². The van der Waals surface area contributed by atoms with Gasteiger partial charge in [0.2, 0.25) is 10.0 Å². The van der Waals surface area contributed by atoms with Crippen LogP contribution in [-0.2, 0) is 21.4 Å². The molecule has 0 saturated carbocycles. The van der Waals surface area contributed by atoms with Crippen molar-refractivity contribution >= 4 is 21.4 Å². The Kier molecular flexibility index (Phi) is 5.58. The van der Waals surface area contributed by atoms with Gasteiger partial charge in [0.05, 0.1) is 19.0 Å². The third-order valence-corrected chi connectivity index (χ3v) is 4.29. The third kappa shape index (κ3) is 6.16. The van der Waals surface area contributed by atoms with E-state index in [-0.39, 0.29) is 17.6 Å². The first kappa shape index (κ1) is 14.6. The summed E-state index contributed by atoms with van der Waals surface area (Å²) in [5.74, 6) is 0.163. The van der Waals surface area contributed by atoms with Gasteiger partial charge < -0.3 is 4.74 Å². The first-order valence-corrected chi connectivity index (χ1v) is 8.08. The summed E-state index contributed by atoms with van der Waals surface area (Å²) >= 11 is 1.63. The molecular weight excluding hydrogens is 258 g/mol. The highest BCUT2D eigenvalue weighted by atomic mass is 32.2. The Morgan fingerprint density at radius 2 is 2.18 bits per heavy atom. The number of sulfonamides is 1. The van der Waals surface area contributed by atoms with Gasteiger partial charge >= 0.3 is 0 Å². The SMILES string of the molecule is CC(C)C(COCc1cccs1)CS(N)(=O)=O. The van der Waals surface area contributed by atoms with Crippen LogP contribution in [0.2, 0.25) is 0 Å². The molecule has 0 spiro atoms. The molecule has 0 fully saturated rings. The molecule has 0 aliphatic rings. The maximum atomic E-state index is 11.1. The number of thiophene rings is 1. The van der Waals surface area contributed by atoms with E-state index in [4.69, 9.17) is 9.88 Å². The van der Waals surface area contributed by atoms with Crippen LogP contribution in [0.3, 0.4) is 0 Å². The summed E-state index contributed by atoms with van der Waals surface area (Å²) in [5.41, 5.74) is 0. The van der Waals surface area contributed by atoms with Crippen LogP contribution in [0.1, 0.15) is 18.7 Å². The monoisotopic (exact) mass is 277 g/mol. The van der Waals surface area contributed by atoms with E-state index in [9.17, 15) is 8.42 Å². The highest BCUT2D eigenvalue weighted by Crippen LogP contribution is 2.15. The minimum absolute atomic E-state index is 0.0187. The quantitative estimate of drug-likeness (QED) is 0.826. The summed E-state index contributed by atoms with van der Waals surface area (Å²) < 4.78 is 27.7. The second-order valence-electron chi connectivity index (χ2n) is 4.43. The van der Waals surface area contributed by atoms with E-state index in [0.29, 0.717) is 13.2 Å². The predicted octanol–water partition coefficient (Wildman–Crippen LogP) is 1.83. The van der Waals surface area contributed by atoms with Crippen molar-refractivity contribution < 1.29 is 13.2 Å². The number of rotatable bonds is 7. The van der Waals surface area contributed by atoms with Crippen LogP contribution < -0.4 is 5.14 Å². The molecule has 0 saturated heterocycles. The van der Waals surface area contributed by atoms with Gasteiger partial charge in [-0.2, -0.15) is 0 Å². The van der Waals surface area contributed by atoms with Gasteiger partial charge in [-0.05, 0) is 23.3 Å². The zero-order valence-electron chi connectivity index (χ0n) is 10.1. The molecule has 98 valence electrons. The van der Waals surface area contributed by atoms with E-state index in [2.05, 4.69) is 0 Å². The van der Waals surface area contributed by atoms with Crippen LogP contribution in [0.25, 0.3) is 0 Å². The van der Waals surface area contributed by atoms with Crippen molar-refractivity contribution in [3.63, 3.8) is 0 Å². The number of hydrogen-bond donors (Lipinski definition) is 1. The second kappa shape index (κ2) is 6.49. The van der Waals surface area contributed by atoms with E-state index in [1.807, 2.05) is 31.4 Å². The summed E-state index contributed by atoms with van der Waals surface area (Å²) in [6, 6.07) is 3.96. The topological polar surface area (TPSA) is 69.4 Å². The zero-order chi connectivity index (χ0) is 12.9. The van der Waals surface area contributed by atoms with Gasteiger partial charge in [0.1, 0.15) is 0 Å². The van der Waals surface area contributed by atoms with Crippen molar-refractivity contribution in [3.05, 3.63) is 22.4 Å². The van der Waals surface area contributed by atoms with Crippen molar-refractivity contribution in [2.24, 2.45) is 17.0 Å². The van der Waals surface area contributed by atoms with Crippen molar-refractivity contribution in [2.75, 3.05) is 12.4 Å². The Labute approximate surface area is 107 Å². The molecule has 2 N–H and O–H groups in total. The first-order chi connectivity index (χ1) is 7.88. The molecule has 1 aromatic rings. The average Bonchev–Trinajstić information content (AvgIpc) is 2.67. The van der Waals surface area contributed by atoms with E-state index >= 15 is 0 Å². The Morgan fingerprint density at radius 1 is 1.47 bits per heavy atom. The summed E-state index contributed by atoms with van der Waals surface area (Å²) in [4.78, 5) is 1.14. The predicted molar refractivity (Wildman–Crippen MR) is 70.3 cm³/mol. The maximum absolute atomic E-state index is 11.1. The van der Waals surface area contributed by atoms with Gasteiger partial charge in [-0.15, -0.1) is 11.3 Å². The normalized spacial score (nSPS) is 14.1. The molecule has 1 heterocycles. The number of primary sulfonamides is 1. The van der Waals surface area contributed by atoms with Gasteiger partial charge in [-0.1, -0.05) is 19.9 Å². The maximum Gasteiger partial charge on any atom is 0.209 e. The summed E-state index contributed by atoms with van der Waals surface area (Å²) in [5, 5.41) is 7.05. The molecule has 0 radical (unpaired) electrons. The van der Waals surface area contributed by atoms with Gasteiger partial charge in [0.15, 0.2) is 0 Å². The Hall–Kier alpha value is -0.430. The van der Waals surface area contributed by atoms with Crippen LogP contribution in [0, 0.1) is 11.8 Å². The molecule has 1 atom stereocenters. The molecule has 0 aliphatic heterocycles. The lowest BCUT2D eigenvalue weighted by Gasteiger charge is -2.19. The van der Waals surface area contributed by atoms with Crippen molar-refractivity contribution in [3.8, 4) is 0 Å². The number of nitrogens with two attached hydrogens (primary N) is 1. The van der Waals surface area contributed by atoms with Crippen LogP contribution >= 0.6 is 11.3 Å². The first-order valence-electron chi connectivity index (χ1n) is 5.49. The Bertz CT molecular complexity index is 412. The van der Waals surface area contributed by atoms with Crippen molar-refractivity contribution in [2.45, 2.75) is 20.5 Å². The van der Waals surface area contributed by atoms with Gasteiger partial charge in [0, 0.05) is 4.88 Å². The lowest BCUT2D eigenvalue weighted by atomic mass is 9.99. The highest BCUT2D eigenvalue weighted by molar-refractivity contribution is 7.89. The zero-order valence-corrected chi connectivity index (χ0v) is 11.8. The van der Waals surface area contributed by atoms with Crippen LogP contribution in [0.5, 0.6) is 0 Å². The third-order valence-electron chi connectivity index (χ3n) is 2.55.